The van der Waals surface area contributed by atoms with E-state index < -0.39 is 11.9 Å². The molecule has 0 saturated heterocycles. The molecule has 1 unspecified atom stereocenters. The van der Waals surface area contributed by atoms with Gasteiger partial charge in [-0.05, 0) is 29.8 Å². The van der Waals surface area contributed by atoms with Gasteiger partial charge in [0, 0.05) is 14.1 Å². The maximum absolute atomic E-state index is 13.3. The Morgan fingerprint density at radius 2 is 2.00 bits per heavy atom. The van der Waals surface area contributed by atoms with Gasteiger partial charge in [0.25, 0.3) is 5.91 Å². The summed E-state index contributed by atoms with van der Waals surface area (Å²) in [6, 6.07) is 8.09. The van der Waals surface area contributed by atoms with E-state index in [4.69, 9.17) is 4.42 Å². The maximum Gasteiger partial charge on any atom is 0.322 e. The topological polar surface area (TPSA) is 86.1 Å². The third-order valence-electron chi connectivity index (χ3n) is 5.36. The van der Waals surface area contributed by atoms with E-state index in [1.54, 1.807) is 26.2 Å². The molecule has 30 heavy (non-hydrogen) atoms. The van der Waals surface area contributed by atoms with Gasteiger partial charge in [-0.1, -0.05) is 12.1 Å². The molecule has 1 aromatic heterocycles. The zero-order valence-electron chi connectivity index (χ0n) is 16.6. The van der Waals surface area contributed by atoms with Gasteiger partial charge in [-0.2, -0.15) is 0 Å². The molecule has 9 heteroatoms. The van der Waals surface area contributed by atoms with E-state index >= 15 is 0 Å². The Kier molecular flexibility index (Phi) is 5.03. The number of nitrogens with zero attached hydrogens (tertiary/aromatic N) is 3. The Hall–Kier alpha value is -3.62. The van der Waals surface area contributed by atoms with Crippen LogP contribution in [0.2, 0.25) is 0 Å². The van der Waals surface area contributed by atoms with Crippen molar-refractivity contribution in [1.82, 2.24) is 20.0 Å². The first-order valence-electron chi connectivity index (χ1n) is 9.43. The molecular formula is C21H21FN4O4. The second kappa shape index (κ2) is 7.66. The van der Waals surface area contributed by atoms with Crippen LogP contribution in [0, 0.1) is 5.82 Å². The van der Waals surface area contributed by atoms with Crippen LogP contribution in [0.4, 0.5) is 9.18 Å². The van der Waals surface area contributed by atoms with Crippen LogP contribution in [0.1, 0.15) is 17.4 Å². The highest BCUT2D eigenvalue weighted by molar-refractivity contribution is 6.02. The van der Waals surface area contributed by atoms with Crippen LogP contribution in [0.15, 0.2) is 58.3 Å². The molecule has 8 nitrogen and oxygen atoms in total. The summed E-state index contributed by atoms with van der Waals surface area (Å²) < 4.78 is 18.6. The molecule has 1 aromatic carbocycles. The molecule has 0 radical (unpaired) electrons. The third kappa shape index (κ3) is 3.54. The number of furan rings is 1. The van der Waals surface area contributed by atoms with Crippen molar-refractivity contribution >= 4 is 17.8 Å². The van der Waals surface area contributed by atoms with Crippen molar-refractivity contribution in [2.45, 2.75) is 12.6 Å². The van der Waals surface area contributed by atoms with Gasteiger partial charge in [0.2, 0.25) is 5.91 Å². The van der Waals surface area contributed by atoms with Gasteiger partial charge in [0.05, 0.1) is 36.7 Å². The van der Waals surface area contributed by atoms with E-state index in [1.807, 2.05) is 0 Å². The zero-order chi connectivity index (χ0) is 21.4. The number of rotatable bonds is 5. The SMILES string of the molecule is CN(Cc1ccco1)C(=O)CN1CC2=C(C1=O)C(c1ccc(F)cc1)NC(=O)N2C. The van der Waals surface area contributed by atoms with Gasteiger partial charge in [0.1, 0.15) is 18.1 Å². The first kappa shape index (κ1) is 19.7. The highest BCUT2D eigenvalue weighted by Gasteiger charge is 2.43. The van der Waals surface area contributed by atoms with Crippen molar-refractivity contribution in [3.8, 4) is 0 Å². The van der Waals surface area contributed by atoms with Crippen molar-refractivity contribution < 1.29 is 23.2 Å². The van der Waals surface area contributed by atoms with Crippen LogP contribution in [0.5, 0.6) is 0 Å². The average Bonchev–Trinajstić information content (AvgIpc) is 3.34. The average molecular weight is 412 g/mol. The quantitative estimate of drug-likeness (QED) is 0.813. The second-order valence-corrected chi connectivity index (χ2v) is 7.34. The summed E-state index contributed by atoms with van der Waals surface area (Å²) in [5, 5.41) is 2.78. The molecule has 3 heterocycles. The number of hydrogen-bond donors (Lipinski definition) is 1. The lowest BCUT2D eigenvalue weighted by Crippen LogP contribution is -2.45. The largest absolute Gasteiger partial charge is 0.467 e. The Balaban J connectivity index is 1.53. The Bertz CT molecular complexity index is 1020. The number of urea groups is 1. The molecule has 4 amide bonds. The normalized spacial score (nSPS) is 18.6. The van der Waals surface area contributed by atoms with Crippen LogP contribution >= 0.6 is 0 Å². The molecule has 0 aliphatic carbocycles. The third-order valence-corrected chi connectivity index (χ3v) is 5.36. The predicted molar refractivity (Wildman–Crippen MR) is 104 cm³/mol. The Labute approximate surface area is 172 Å². The number of carbonyl (C=O) groups excluding carboxylic acids is 3. The monoisotopic (exact) mass is 412 g/mol. The van der Waals surface area contributed by atoms with E-state index in [0.29, 0.717) is 29.1 Å². The summed E-state index contributed by atoms with van der Waals surface area (Å²) in [6.45, 7) is 0.316. The standard InChI is InChI=1S/C21H21FN4O4/c1-24(10-15-4-3-9-30-15)17(27)12-26-11-16-18(20(26)28)19(23-21(29)25(16)2)13-5-7-14(22)8-6-13/h3-9,19H,10-12H2,1-2H3,(H,23,29). The minimum absolute atomic E-state index is 0.124. The molecular weight excluding hydrogens is 391 g/mol. The number of hydrogen-bond acceptors (Lipinski definition) is 4. The van der Waals surface area contributed by atoms with E-state index in [2.05, 4.69) is 5.32 Å². The molecule has 0 fully saturated rings. The summed E-state index contributed by atoms with van der Waals surface area (Å²) in [4.78, 5) is 42.5. The van der Waals surface area contributed by atoms with E-state index in [-0.39, 0.29) is 30.9 Å². The minimum Gasteiger partial charge on any atom is -0.467 e. The Morgan fingerprint density at radius 1 is 1.27 bits per heavy atom. The fourth-order valence-electron chi connectivity index (χ4n) is 3.66. The van der Waals surface area contributed by atoms with Crippen LogP contribution in [0.25, 0.3) is 0 Å². The van der Waals surface area contributed by atoms with Gasteiger partial charge in [-0.25, -0.2) is 9.18 Å². The van der Waals surface area contributed by atoms with Gasteiger partial charge < -0.3 is 19.5 Å². The predicted octanol–water partition coefficient (Wildman–Crippen LogP) is 1.87. The number of halogens is 1. The van der Waals surface area contributed by atoms with Crippen molar-refractivity contribution in [3.05, 3.63) is 71.1 Å². The molecule has 2 aromatic rings. The summed E-state index contributed by atoms with van der Waals surface area (Å²) in [5.41, 5.74) is 1.53. The van der Waals surface area contributed by atoms with Gasteiger partial charge >= 0.3 is 6.03 Å². The lowest BCUT2D eigenvalue weighted by Gasteiger charge is -2.31. The lowest BCUT2D eigenvalue weighted by atomic mass is 9.96. The first-order valence-corrected chi connectivity index (χ1v) is 9.43. The van der Waals surface area contributed by atoms with Crippen LogP contribution in [-0.4, -0.2) is 59.7 Å². The highest BCUT2D eigenvalue weighted by Crippen LogP contribution is 2.35. The fraction of sp³-hybridized carbons (Fsp3) is 0.286. The van der Waals surface area contributed by atoms with Gasteiger partial charge in [-0.15, -0.1) is 0 Å². The summed E-state index contributed by atoms with van der Waals surface area (Å²) in [7, 11) is 3.21. The van der Waals surface area contributed by atoms with E-state index in [1.165, 1.54) is 45.2 Å². The summed E-state index contributed by atoms with van der Waals surface area (Å²) in [6.07, 6.45) is 1.53. The van der Waals surface area contributed by atoms with Crippen molar-refractivity contribution in [2.75, 3.05) is 27.2 Å². The number of amides is 4. The number of benzene rings is 1. The molecule has 1 atom stereocenters. The van der Waals surface area contributed by atoms with Crippen LogP contribution < -0.4 is 5.32 Å². The molecule has 2 aliphatic rings. The van der Waals surface area contributed by atoms with Crippen LogP contribution in [-0.2, 0) is 16.1 Å². The summed E-state index contributed by atoms with van der Waals surface area (Å²) >= 11 is 0. The number of likely N-dealkylation sites (N-methyl/N-ethyl adjacent to an activating group) is 2. The first-order chi connectivity index (χ1) is 14.3. The molecule has 4 rings (SSSR count). The van der Waals surface area contributed by atoms with Crippen LogP contribution in [0.3, 0.4) is 0 Å². The maximum atomic E-state index is 13.3. The van der Waals surface area contributed by atoms with Crippen molar-refractivity contribution in [3.63, 3.8) is 0 Å². The van der Waals surface area contributed by atoms with Crippen molar-refractivity contribution in [2.24, 2.45) is 0 Å². The smallest absolute Gasteiger partial charge is 0.322 e. The minimum atomic E-state index is -0.697. The molecule has 156 valence electrons. The van der Waals surface area contributed by atoms with Gasteiger partial charge in [-0.3, -0.25) is 14.5 Å². The zero-order valence-corrected chi connectivity index (χ0v) is 16.6. The fourth-order valence-corrected chi connectivity index (χ4v) is 3.66. The second-order valence-electron chi connectivity index (χ2n) is 7.34. The summed E-state index contributed by atoms with van der Waals surface area (Å²) in [5.74, 6) is -0.343. The molecule has 1 N–H and O–H groups in total. The van der Waals surface area contributed by atoms with E-state index in [0.717, 1.165) is 0 Å². The molecule has 0 spiro atoms. The van der Waals surface area contributed by atoms with Gasteiger partial charge in [0.15, 0.2) is 0 Å². The number of carbonyl (C=O) groups is 3. The molecule has 0 bridgehead atoms. The number of nitrogens with one attached hydrogen (secondary N) is 1. The highest BCUT2D eigenvalue weighted by atomic mass is 19.1. The van der Waals surface area contributed by atoms with Crippen molar-refractivity contribution in [1.29, 1.82) is 0 Å². The molecule has 2 aliphatic heterocycles. The lowest BCUT2D eigenvalue weighted by molar-refractivity contribution is -0.137. The Morgan fingerprint density at radius 3 is 2.67 bits per heavy atom. The molecule has 0 saturated carbocycles. The van der Waals surface area contributed by atoms with E-state index in [9.17, 15) is 18.8 Å².